The van der Waals surface area contributed by atoms with Gasteiger partial charge in [-0.1, -0.05) is 36.4 Å². The maximum absolute atomic E-state index is 13.4. The van der Waals surface area contributed by atoms with Gasteiger partial charge in [0.2, 0.25) is 10.0 Å². The SMILES string of the molecule is Cc1cc(-c2ccccc2S(N)(=O)=O)ccc1NC(=O)c1cc(C(F)(F)F)nn1-c1cccc(CN)c1. The zero-order chi connectivity index (χ0) is 27.0. The van der Waals surface area contributed by atoms with Crippen molar-refractivity contribution in [2.24, 2.45) is 10.9 Å². The van der Waals surface area contributed by atoms with Crippen LogP contribution in [0.15, 0.2) is 77.7 Å². The highest BCUT2D eigenvalue weighted by Gasteiger charge is 2.36. The van der Waals surface area contributed by atoms with Crippen molar-refractivity contribution in [1.82, 2.24) is 9.78 Å². The van der Waals surface area contributed by atoms with Gasteiger partial charge in [-0.3, -0.25) is 4.79 Å². The van der Waals surface area contributed by atoms with E-state index in [0.29, 0.717) is 34.0 Å². The van der Waals surface area contributed by atoms with E-state index in [2.05, 4.69) is 10.4 Å². The summed E-state index contributed by atoms with van der Waals surface area (Å²) in [6.07, 6.45) is -4.76. The molecule has 4 aromatic rings. The third kappa shape index (κ3) is 5.56. The molecule has 0 unspecified atom stereocenters. The van der Waals surface area contributed by atoms with Crippen LogP contribution in [0.1, 0.15) is 27.3 Å². The first-order valence-corrected chi connectivity index (χ1v) is 12.4. The van der Waals surface area contributed by atoms with Crippen molar-refractivity contribution in [3.8, 4) is 16.8 Å². The molecule has 1 amide bonds. The molecule has 0 aliphatic carbocycles. The molecule has 0 bridgehead atoms. The van der Waals surface area contributed by atoms with Gasteiger partial charge >= 0.3 is 6.18 Å². The molecule has 5 N–H and O–H groups in total. The van der Waals surface area contributed by atoms with Crippen LogP contribution < -0.4 is 16.2 Å². The maximum atomic E-state index is 13.4. The number of benzene rings is 3. The molecule has 1 heterocycles. The Balaban J connectivity index is 1.71. The number of nitrogens with one attached hydrogen (secondary N) is 1. The van der Waals surface area contributed by atoms with Crippen molar-refractivity contribution in [3.05, 3.63) is 95.3 Å². The van der Waals surface area contributed by atoms with Crippen LogP contribution >= 0.6 is 0 Å². The van der Waals surface area contributed by atoms with E-state index < -0.39 is 27.8 Å². The fourth-order valence-electron chi connectivity index (χ4n) is 3.80. The van der Waals surface area contributed by atoms with Crippen LogP contribution in [0.5, 0.6) is 0 Å². The number of hydrogen-bond donors (Lipinski definition) is 3. The Kier molecular flexibility index (Phi) is 6.91. The quantitative estimate of drug-likeness (QED) is 0.344. The van der Waals surface area contributed by atoms with Crippen LogP contribution in [0.2, 0.25) is 0 Å². The molecule has 8 nitrogen and oxygen atoms in total. The van der Waals surface area contributed by atoms with E-state index >= 15 is 0 Å². The van der Waals surface area contributed by atoms with Gasteiger partial charge in [0.15, 0.2) is 5.69 Å². The second-order valence-corrected chi connectivity index (χ2v) is 9.75. The molecule has 192 valence electrons. The Morgan fingerprint density at radius 3 is 2.41 bits per heavy atom. The van der Waals surface area contributed by atoms with Gasteiger partial charge in [0.1, 0.15) is 5.69 Å². The highest BCUT2D eigenvalue weighted by molar-refractivity contribution is 7.89. The zero-order valence-electron chi connectivity index (χ0n) is 19.5. The van der Waals surface area contributed by atoms with E-state index in [1.54, 1.807) is 55.5 Å². The number of nitrogens with two attached hydrogens (primary N) is 2. The van der Waals surface area contributed by atoms with Gasteiger partial charge < -0.3 is 11.1 Å². The van der Waals surface area contributed by atoms with Crippen LogP contribution in [-0.2, 0) is 22.7 Å². The van der Waals surface area contributed by atoms with Crippen molar-refractivity contribution >= 4 is 21.6 Å². The fourth-order valence-corrected chi connectivity index (χ4v) is 4.57. The maximum Gasteiger partial charge on any atom is 0.435 e. The van der Waals surface area contributed by atoms with E-state index in [1.165, 1.54) is 18.2 Å². The van der Waals surface area contributed by atoms with Crippen LogP contribution in [0, 0.1) is 6.92 Å². The van der Waals surface area contributed by atoms with Crippen molar-refractivity contribution in [3.63, 3.8) is 0 Å². The molecule has 0 atom stereocenters. The number of carbonyl (C=O) groups excluding carboxylic acids is 1. The minimum absolute atomic E-state index is 0.0607. The highest BCUT2D eigenvalue weighted by Crippen LogP contribution is 2.32. The van der Waals surface area contributed by atoms with Crippen molar-refractivity contribution in [2.75, 3.05) is 5.32 Å². The van der Waals surface area contributed by atoms with E-state index in [1.807, 2.05) is 0 Å². The molecule has 4 rings (SSSR count). The number of amides is 1. The normalized spacial score (nSPS) is 11.9. The first-order chi connectivity index (χ1) is 17.4. The fraction of sp³-hybridized carbons (Fsp3) is 0.120. The molecule has 0 saturated heterocycles. The van der Waals surface area contributed by atoms with Gasteiger partial charge in [0.05, 0.1) is 10.6 Å². The molecular formula is C25H22F3N5O3S. The Morgan fingerprint density at radius 2 is 1.76 bits per heavy atom. The summed E-state index contributed by atoms with van der Waals surface area (Å²) in [6.45, 7) is 1.82. The average molecular weight is 530 g/mol. The average Bonchev–Trinajstić information content (AvgIpc) is 3.31. The zero-order valence-corrected chi connectivity index (χ0v) is 20.3. The smallest absolute Gasteiger partial charge is 0.326 e. The summed E-state index contributed by atoms with van der Waals surface area (Å²) in [6, 6.07) is 18.0. The number of primary sulfonamides is 1. The molecule has 1 aromatic heterocycles. The molecule has 0 saturated carbocycles. The minimum atomic E-state index is -4.76. The highest BCUT2D eigenvalue weighted by atomic mass is 32.2. The molecule has 37 heavy (non-hydrogen) atoms. The van der Waals surface area contributed by atoms with Gasteiger partial charge in [-0.25, -0.2) is 18.2 Å². The standard InChI is InChI=1S/C25H22F3N5O3S/c1-15-11-17(19-7-2-3-8-22(19)37(30,35)36)9-10-20(15)31-24(34)21-13-23(25(26,27)28)32-33(21)18-6-4-5-16(12-18)14-29/h2-13H,14,29H2,1H3,(H,31,34)(H2,30,35,36). The van der Waals surface area contributed by atoms with Gasteiger partial charge in [-0.15, -0.1) is 0 Å². The summed E-state index contributed by atoms with van der Waals surface area (Å²) in [4.78, 5) is 13.1. The second kappa shape index (κ2) is 9.81. The molecular weight excluding hydrogens is 507 g/mol. The predicted molar refractivity (Wildman–Crippen MR) is 132 cm³/mol. The van der Waals surface area contributed by atoms with E-state index in [9.17, 15) is 26.4 Å². The van der Waals surface area contributed by atoms with Gasteiger partial charge in [0, 0.05) is 23.9 Å². The number of aromatic nitrogens is 2. The first kappa shape index (κ1) is 26.1. The van der Waals surface area contributed by atoms with Gasteiger partial charge in [-0.05, 0) is 53.9 Å². The largest absolute Gasteiger partial charge is 0.435 e. The molecule has 0 fully saturated rings. The van der Waals surface area contributed by atoms with Crippen LogP contribution in [0.25, 0.3) is 16.8 Å². The summed E-state index contributed by atoms with van der Waals surface area (Å²) in [5.74, 6) is -0.818. The van der Waals surface area contributed by atoms with E-state index in [4.69, 9.17) is 10.9 Å². The molecule has 0 spiro atoms. The minimum Gasteiger partial charge on any atom is -0.326 e. The molecule has 0 aliphatic rings. The molecule has 0 radical (unpaired) electrons. The third-order valence-electron chi connectivity index (χ3n) is 5.60. The second-order valence-electron chi connectivity index (χ2n) is 8.22. The van der Waals surface area contributed by atoms with Crippen LogP contribution in [0.3, 0.4) is 0 Å². The lowest BCUT2D eigenvalue weighted by molar-refractivity contribution is -0.141. The summed E-state index contributed by atoms with van der Waals surface area (Å²) in [5.41, 5.74) is 6.76. The van der Waals surface area contributed by atoms with Crippen LogP contribution in [0.4, 0.5) is 18.9 Å². The number of alkyl halides is 3. The Morgan fingerprint density at radius 1 is 1.03 bits per heavy atom. The number of aryl methyl sites for hydroxylation is 1. The van der Waals surface area contributed by atoms with Crippen molar-refractivity contribution in [1.29, 1.82) is 0 Å². The summed E-state index contributed by atoms with van der Waals surface area (Å²) in [5, 5.41) is 11.6. The van der Waals surface area contributed by atoms with Gasteiger partial charge in [0.25, 0.3) is 5.91 Å². The van der Waals surface area contributed by atoms with Gasteiger partial charge in [-0.2, -0.15) is 18.3 Å². The predicted octanol–water partition coefficient (Wildman–Crippen LogP) is 4.22. The summed E-state index contributed by atoms with van der Waals surface area (Å²) in [7, 11) is -3.98. The van der Waals surface area contributed by atoms with E-state index in [-0.39, 0.29) is 22.8 Å². The molecule has 0 aliphatic heterocycles. The number of sulfonamides is 1. The van der Waals surface area contributed by atoms with Crippen LogP contribution in [-0.4, -0.2) is 24.1 Å². The first-order valence-electron chi connectivity index (χ1n) is 10.9. The topological polar surface area (TPSA) is 133 Å². The lowest BCUT2D eigenvalue weighted by Gasteiger charge is -2.13. The number of rotatable bonds is 6. The molecule has 3 aromatic carbocycles. The van der Waals surface area contributed by atoms with Crippen molar-refractivity contribution in [2.45, 2.75) is 24.5 Å². The lowest BCUT2D eigenvalue weighted by atomic mass is 10.0. The van der Waals surface area contributed by atoms with Crippen molar-refractivity contribution < 1.29 is 26.4 Å². The Hall–Kier alpha value is -4.00. The number of anilines is 1. The third-order valence-corrected chi connectivity index (χ3v) is 6.57. The number of halogens is 3. The summed E-state index contributed by atoms with van der Waals surface area (Å²) >= 11 is 0. The molecule has 12 heteroatoms. The number of carbonyl (C=O) groups is 1. The summed E-state index contributed by atoms with van der Waals surface area (Å²) < 4.78 is 65.2. The monoisotopic (exact) mass is 529 g/mol. The Bertz CT molecular complexity index is 1600. The lowest BCUT2D eigenvalue weighted by Crippen LogP contribution is -2.17. The van der Waals surface area contributed by atoms with E-state index in [0.717, 1.165) is 4.68 Å². The Labute approximate surface area is 210 Å². The number of hydrogen-bond acceptors (Lipinski definition) is 5. The number of nitrogens with zero attached hydrogens (tertiary/aromatic N) is 2.